The highest BCUT2D eigenvalue weighted by Gasteiger charge is 2.23. The summed E-state index contributed by atoms with van der Waals surface area (Å²) in [6.45, 7) is 4.85. The lowest BCUT2D eigenvalue weighted by atomic mass is 9.97. The van der Waals surface area contributed by atoms with Crippen molar-refractivity contribution in [3.05, 3.63) is 54.1 Å². The van der Waals surface area contributed by atoms with Gasteiger partial charge in [0.15, 0.2) is 5.65 Å². The Morgan fingerprint density at radius 1 is 1.25 bits per heavy atom. The first kappa shape index (κ1) is 18.2. The average molecular weight is 375 g/mol. The van der Waals surface area contributed by atoms with Crippen LogP contribution in [0.1, 0.15) is 42.5 Å². The van der Waals surface area contributed by atoms with E-state index < -0.39 is 0 Å². The molecule has 28 heavy (non-hydrogen) atoms. The van der Waals surface area contributed by atoms with Gasteiger partial charge in [0, 0.05) is 13.1 Å². The maximum absolute atomic E-state index is 13.0. The average Bonchev–Trinajstić information content (AvgIpc) is 2.98. The summed E-state index contributed by atoms with van der Waals surface area (Å²) in [7, 11) is 0. The number of amides is 1. The standard InChI is InChI=1S/C22H25N5O/c1-2-14-27-20(23)18(22(28)24-13-12-15-8-4-3-5-9-15)19-21(27)26-17-11-7-6-10-16(17)25-19/h2,6-8,10-11H,1,3-5,9,12-14,23H2,(H,24,28). The molecule has 3 N–H and O–H groups in total. The molecular formula is C22H25N5O. The normalized spacial score (nSPS) is 14.2. The van der Waals surface area contributed by atoms with Gasteiger partial charge in [0.25, 0.3) is 5.91 Å². The molecule has 0 fully saturated rings. The molecule has 0 radical (unpaired) electrons. The first-order valence-corrected chi connectivity index (χ1v) is 9.80. The largest absolute Gasteiger partial charge is 0.384 e. The Morgan fingerprint density at radius 3 is 2.75 bits per heavy atom. The van der Waals surface area contributed by atoms with Crippen LogP contribution in [-0.2, 0) is 6.54 Å². The number of nitrogen functional groups attached to an aromatic ring is 1. The smallest absolute Gasteiger partial charge is 0.257 e. The van der Waals surface area contributed by atoms with E-state index >= 15 is 0 Å². The van der Waals surface area contributed by atoms with Crippen molar-refractivity contribution < 1.29 is 4.79 Å². The van der Waals surface area contributed by atoms with Gasteiger partial charge in [-0.3, -0.25) is 4.79 Å². The summed E-state index contributed by atoms with van der Waals surface area (Å²) in [6, 6.07) is 7.62. The number of rotatable bonds is 6. The van der Waals surface area contributed by atoms with Crippen LogP contribution in [0.25, 0.3) is 22.2 Å². The molecule has 2 heterocycles. The van der Waals surface area contributed by atoms with Gasteiger partial charge in [0.05, 0.1) is 11.0 Å². The zero-order valence-corrected chi connectivity index (χ0v) is 15.9. The minimum absolute atomic E-state index is 0.202. The first-order valence-electron chi connectivity index (χ1n) is 9.80. The van der Waals surface area contributed by atoms with E-state index in [2.05, 4.69) is 18.0 Å². The number of nitrogens with one attached hydrogen (secondary N) is 1. The lowest BCUT2D eigenvalue weighted by Crippen LogP contribution is -2.26. The summed E-state index contributed by atoms with van der Waals surface area (Å²) in [4.78, 5) is 22.3. The number of para-hydroxylation sites is 2. The lowest BCUT2D eigenvalue weighted by Gasteiger charge is -2.13. The van der Waals surface area contributed by atoms with Crippen LogP contribution in [0.5, 0.6) is 0 Å². The summed E-state index contributed by atoms with van der Waals surface area (Å²) >= 11 is 0. The van der Waals surface area contributed by atoms with Gasteiger partial charge >= 0.3 is 0 Å². The van der Waals surface area contributed by atoms with Crippen LogP contribution in [0.2, 0.25) is 0 Å². The van der Waals surface area contributed by atoms with Crippen LogP contribution < -0.4 is 11.1 Å². The number of aromatic nitrogens is 3. The number of hydrogen-bond donors (Lipinski definition) is 2. The second kappa shape index (κ2) is 7.84. The van der Waals surface area contributed by atoms with Crippen molar-refractivity contribution >= 4 is 33.9 Å². The van der Waals surface area contributed by atoms with E-state index in [1.54, 1.807) is 10.6 Å². The molecule has 1 aliphatic rings. The Kier molecular flexibility index (Phi) is 5.10. The Morgan fingerprint density at radius 2 is 2.04 bits per heavy atom. The third-order valence-electron chi connectivity index (χ3n) is 5.25. The number of nitrogens with zero attached hydrogens (tertiary/aromatic N) is 3. The molecule has 0 spiro atoms. The number of carbonyl (C=O) groups excluding carboxylic acids is 1. The summed E-state index contributed by atoms with van der Waals surface area (Å²) < 4.78 is 1.79. The predicted molar refractivity (Wildman–Crippen MR) is 113 cm³/mol. The van der Waals surface area contributed by atoms with Gasteiger partial charge in [-0.2, -0.15) is 0 Å². The number of anilines is 1. The van der Waals surface area contributed by atoms with E-state index in [9.17, 15) is 4.79 Å². The maximum Gasteiger partial charge on any atom is 0.257 e. The van der Waals surface area contributed by atoms with Gasteiger partial charge in [0.2, 0.25) is 0 Å². The fourth-order valence-electron chi connectivity index (χ4n) is 3.81. The van der Waals surface area contributed by atoms with Crippen LogP contribution >= 0.6 is 0 Å². The van der Waals surface area contributed by atoms with Crippen molar-refractivity contribution in [3.63, 3.8) is 0 Å². The molecule has 6 heteroatoms. The number of carbonyl (C=O) groups is 1. The molecule has 6 nitrogen and oxygen atoms in total. The van der Waals surface area contributed by atoms with Gasteiger partial charge in [-0.1, -0.05) is 29.9 Å². The van der Waals surface area contributed by atoms with Crippen LogP contribution in [0.4, 0.5) is 5.82 Å². The van der Waals surface area contributed by atoms with Crippen LogP contribution in [-0.4, -0.2) is 27.0 Å². The van der Waals surface area contributed by atoms with Crippen LogP contribution in [0.15, 0.2) is 48.6 Å². The molecule has 0 aliphatic heterocycles. The van der Waals surface area contributed by atoms with Gasteiger partial charge < -0.3 is 15.6 Å². The third-order valence-corrected chi connectivity index (χ3v) is 5.25. The fourth-order valence-corrected chi connectivity index (χ4v) is 3.81. The van der Waals surface area contributed by atoms with Crippen LogP contribution in [0.3, 0.4) is 0 Å². The molecule has 1 aromatic carbocycles. The second-order valence-corrected chi connectivity index (χ2v) is 7.16. The summed E-state index contributed by atoms with van der Waals surface area (Å²) in [5, 5.41) is 3.02. The highest BCUT2D eigenvalue weighted by molar-refractivity contribution is 6.10. The van der Waals surface area contributed by atoms with E-state index in [1.807, 2.05) is 24.3 Å². The SMILES string of the molecule is C=CCn1c(N)c(C(=O)NCCC2=CCCCC2)c2nc3ccccc3nc21. The topological polar surface area (TPSA) is 85.8 Å². The number of hydrogen-bond acceptors (Lipinski definition) is 4. The molecule has 0 unspecified atom stereocenters. The second-order valence-electron chi connectivity index (χ2n) is 7.16. The van der Waals surface area contributed by atoms with Crippen molar-refractivity contribution in [2.24, 2.45) is 0 Å². The summed E-state index contributed by atoms with van der Waals surface area (Å²) in [5.41, 5.74) is 10.8. The first-order chi connectivity index (χ1) is 13.7. The van der Waals surface area contributed by atoms with Gasteiger partial charge in [-0.05, 0) is 44.2 Å². The lowest BCUT2D eigenvalue weighted by molar-refractivity contribution is 0.0956. The molecule has 1 aliphatic carbocycles. The predicted octanol–water partition coefficient (Wildman–Crippen LogP) is 3.97. The summed E-state index contributed by atoms with van der Waals surface area (Å²) in [6.07, 6.45) is 9.71. The molecule has 0 atom stereocenters. The molecular weight excluding hydrogens is 350 g/mol. The minimum Gasteiger partial charge on any atom is -0.384 e. The number of benzene rings is 1. The number of allylic oxidation sites excluding steroid dienone is 2. The highest BCUT2D eigenvalue weighted by atomic mass is 16.1. The van der Waals surface area contributed by atoms with Crippen molar-refractivity contribution in [1.29, 1.82) is 0 Å². The zero-order chi connectivity index (χ0) is 19.5. The monoisotopic (exact) mass is 375 g/mol. The third kappa shape index (κ3) is 3.38. The molecule has 1 amide bonds. The zero-order valence-electron chi connectivity index (χ0n) is 15.9. The van der Waals surface area contributed by atoms with E-state index in [0.717, 1.165) is 30.3 Å². The maximum atomic E-state index is 13.0. The van der Waals surface area contributed by atoms with Crippen LogP contribution in [0, 0.1) is 0 Å². The van der Waals surface area contributed by atoms with E-state index in [1.165, 1.54) is 18.4 Å². The minimum atomic E-state index is -0.202. The van der Waals surface area contributed by atoms with Gasteiger partial charge in [-0.15, -0.1) is 6.58 Å². The quantitative estimate of drug-likeness (QED) is 0.638. The molecule has 144 valence electrons. The molecule has 2 aromatic heterocycles. The number of fused-ring (bicyclic) bond motifs is 2. The Hall–Kier alpha value is -3.15. The summed E-state index contributed by atoms with van der Waals surface area (Å²) in [5.74, 6) is 0.172. The van der Waals surface area contributed by atoms with Crippen molar-refractivity contribution in [2.75, 3.05) is 12.3 Å². The van der Waals surface area contributed by atoms with Gasteiger partial charge in [0.1, 0.15) is 16.9 Å². The molecule has 4 rings (SSSR count). The van der Waals surface area contributed by atoms with Gasteiger partial charge in [-0.25, -0.2) is 9.97 Å². The van der Waals surface area contributed by atoms with Crippen molar-refractivity contribution in [2.45, 2.75) is 38.6 Å². The Labute approximate surface area is 164 Å². The number of nitrogens with two attached hydrogens (primary N) is 1. The van der Waals surface area contributed by atoms with Crippen molar-refractivity contribution in [1.82, 2.24) is 19.9 Å². The fraction of sp³-hybridized carbons (Fsp3) is 0.318. The highest BCUT2D eigenvalue weighted by Crippen LogP contribution is 2.28. The molecule has 0 bridgehead atoms. The van der Waals surface area contributed by atoms with E-state index in [-0.39, 0.29) is 5.91 Å². The Balaban J connectivity index is 1.67. The molecule has 0 saturated carbocycles. The van der Waals surface area contributed by atoms with E-state index in [4.69, 9.17) is 15.7 Å². The van der Waals surface area contributed by atoms with E-state index in [0.29, 0.717) is 35.6 Å². The van der Waals surface area contributed by atoms with Crippen molar-refractivity contribution in [3.8, 4) is 0 Å². The molecule has 3 aromatic rings. The molecule has 0 saturated heterocycles. The Bertz CT molecular complexity index is 1080.